The maximum atomic E-state index is 14.7. The lowest BCUT2D eigenvalue weighted by molar-refractivity contribution is -0.147. The average molecular weight is 568 g/mol. The van der Waals surface area contributed by atoms with Crippen molar-refractivity contribution in [2.75, 3.05) is 32.8 Å². The third-order valence-electron chi connectivity index (χ3n) is 9.00. The first-order chi connectivity index (χ1) is 19.2. The first-order valence-corrected chi connectivity index (χ1v) is 15.5. The second kappa shape index (κ2) is 12.5. The van der Waals surface area contributed by atoms with E-state index in [1.54, 1.807) is 28.8 Å². The van der Waals surface area contributed by atoms with E-state index in [4.69, 9.17) is 0 Å². The number of nitrogens with zero attached hydrogens (tertiary/aromatic N) is 3. The van der Waals surface area contributed by atoms with Crippen LogP contribution in [0.5, 0.6) is 0 Å². The van der Waals surface area contributed by atoms with Gasteiger partial charge in [0.1, 0.15) is 6.04 Å². The van der Waals surface area contributed by atoms with Crippen LogP contribution in [-0.2, 0) is 14.4 Å². The van der Waals surface area contributed by atoms with Gasteiger partial charge in [-0.2, -0.15) is 0 Å². The molecule has 2 unspecified atom stereocenters. The van der Waals surface area contributed by atoms with E-state index in [-0.39, 0.29) is 24.3 Å². The number of aliphatic hydroxyl groups excluding tert-OH is 1. The molecular weight excluding hydrogens is 522 g/mol. The van der Waals surface area contributed by atoms with Gasteiger partial charge in [0.2, 0.25) is 17.7 Å². The van der Waals surface area contributed by atoms with Gasteiger partial charge in [0.05, 0.1) is 29.2 Å². The van der Waals surface area contributed by atoms with Gasteiger partial charge < -0.3 is 19.8 Å². The summed E-state index contributed by atoms with van der Waals surface area (Å²) in [5.41, 5.74) is 0.782. The highest BCUT2D eigenvalue weighted by atomic mass is 32.2. The minimum absolute atomic E-state index is 0.0288. The van der Waals surface area contributed by atoms with Crippen LogP contribution in [0, 0.1) is 11.8 Å². The Hall–Kier alpha value is -2.58. The number of unbranched alkanes of at least 4 members (excludes halogenated alkanes) is 1. The van der Waals surface area contributed by atoms with E-state index in [1.165, 1.54) is 0 Å². The Morgan fingerprint density at radius 2 is 1.73 bits per heavy atom. The molecular formula is C32H45N3O4S. The number of rotatable bonds is 14. The van der Waals surface area contributed by atoms with Crippen molar-refractivity contribution in [2.24, 2.45) is 11.8 Å². The lowest BCUT2D eigenvalue weighted by Gasteiger charge is -2.39. The number of amides is 3. The maximum Gasteiger partial charge on any atom is 0.247 e. The standard InChI is InChI=1S/C32H45N3O4S/c1-6-10-21-34(20-9-4)30(39)27-32-17-16-31(5,40-32)25(28(37)33(18-7-2)19-8-3)26(32)29(38)35(27)24(22-36)23-14-12-11-13-15-23/h7,9,11-15,24-27,36H,2,4,6,8,10,16-22H2,1,3,5H3/t24-,25+,26+,27?,31-,32?/m1/s1. The number of carbonyl (C=O) groups is 3. The zero-order chi connectivity index (χ0) is 29.1. The topological polar surface area (TPSA) is 81.2 Å². The van der Waals surface area contributed by atoms with Gasteiger partial charge in [-0.25, -0.2) is 0 Å². The van der Waals surface area contributed by atoms with Crippen molar-refractivity contribution in [3.05, 3.63) is 61.2 Å². The zero-order valence-electron chi connectivity index (χ0n) is 24.3. The van der Waals surface area contributed by atoms with Crippen molar-refractivity contribution in [2.45, 2.75) is 74.5 Å². The number of fused-ring (bicyclic) bond motifs is 1. The Labute approximate surface area is 243 Å². The molecule has 8 heteroatoms. The number of likely N-dealkylation sites (tertiary alicyclic amines) is 1. The highest BCUT2D eigenvalue weighted by Crippen LogP contribution is 2.72. The lowest BCUT2D eigenvalue weighted by Crippen LogP contribution is -2.56. The molecule has 3 aliphatic heterocycles. The minimum atomic E-state index is -0.775. The second-order valence-corrected chi connectivity index (χ2v) is 13.5. The van der Waals surface area contributed by atoms with Crippen molar-refractivity contribution in [3.8, 4) is 0 Å². The first-order valence-electron chi connectivity index (χ1n) is 14.7. The van der Waals surface area contributed by atoms with Gasteiger partial charge >= 0.3 is 0 Å². The van der Waals surface area contributed by atoms with Crippen molar-refractivity contribution >= 4 is 29.5 Å². The van der Waals surface area contributed by atoms with Gasteiger partial charge in [0.25, 0.3) is 0 Å². The van der Waals surface area contributed by atoms with Crippen molar-refractivity contribution in [3.63, 3.8) is 0 Å². The van der Waals surface area contributed by atoms with E-state index >= 15 is 0 Å². The molecule has 3 heterocycles. The molecule has 3 saturated heterocycles. The molecule has 0 saturated carbocycles. The molecule has 6 atom stereocenters. The van der Waals surface area contributed by atoms with Crippen molar-refractivity contribution in [1.82, 2.24) is 14.7 Å². The molecule has 1 aromatic carbocycles. The highest BCUT2D eigenvalue weighted by Gasteiger charge is 2.78. The van der Waals surface area contributed by atoms with E-state index in [0.717, 1.165) is 31.2 Å². The summed E-state index contributed by atoms with van der Waals surface area (Å²) in [5.74, 6) is -1.50. The molecule has 1 N–H and O–H groups in total. The fraction of sp³-hybridized carbons (Fsp3) is 0.594. The molecule has 3 amide bonds. The van der Waals surface area contributed by atoms with Crippen LogP contribution in [0.15, 0.2) is 55.6 Å². The summed E-state index contributed by atoms with van der Waals surface area (Å²) in [6, 6.07) is 7.98. The van der Waals surface area contributed by atoms with Crippen LogP contribution in [-0.4, -0.2) is 85.8 Å². The average Bonchev–Trinajstić information content (AvgIpc) is 3.52. The van der Waals surface area contributed by atoms with E-state index in [0.29, 0.717) is 32.6 Å². The fourth-order valence-corrected chi connectivity index (χ4v) is 9.60. The van der Waals surface area contributed by atoms with Gasteiger partial charge in [0, 0.05) is 30.9 Å². The number of aliphatic hydroxyl groups is 1. The Bertz CT molecular complexity index is 1110. The summed E-state index contributed by atoms with van der Waals surface area (Å²) in [7, 11) is 0. The van der Waals surface area contributed by atoms with Crippen molar-refractivity contribution in [1.29, 1.82) is 0 Å². The SMILES string of the molecule is C=CCN(CCCC)C(=O)C1N([C@H](CO)c2ccccc2)C(=O)[C@@H]2[C@@H](C(=O)N(CC=C)CCC)[C@@]3(C)CCC12S3. The van der Waals surface area contributed by atoms with Gasteiger partial charge in [-0.15, -0.1) is 24.9 Å². The number of hydrogen-bond acceptors (Lipinski definition) is 5. The number of benzene rings is 1. The Balaban J connectivity index is 1.85. The largest absolute Gasteiger partial charge is 0.394 e. The van der Waals surface area contributed by atoms with Crippen LogP contribution in [0.2, 0.25) is 0 Å². The first kappa shape index (κ1) is 30.4. The number of hydrogen-bond donors (Lipinski definition) is 1. The van der Waals surface area contributed by atoms with Crippen LogP contribution in [0.4, 0.5) is 0 Å². The van der Waals surface area contributed by atoms with Crippen molar-refractivity contribution < 1.29 is 19.5 Å². The molecule has 2 bridgehead atoms. The Morgan fingerprint density at radius 3 is 2.30 bits per heavy atom. The highest BCUT2D eigenvalue weighted by molar-refractivity contribution is 8.02. The predicted molar refractivity (Wildman–Crippen MR) is 161 cm³/mol. The molecule has 3 aliphatic rings. The van der Waals surface area contributed by atoms with E-state index in [1.807, 2.05) is 47.1 Å². The molecule has 3 fully saturated rings. The van der Waals surface area contributed by atoms with Crippen LogP contribution < -0.4 is 0 Å². The summed E-state index contributed by atoms with van der Waals surface area (Å²) < 4.78 is -1.17. The maximum absolute atomic E-state index is 14.7. The lowest BCUT2D eigenvalue weighted by atomic mass is 9.66. The summed E-state index contributed by atoms with van der Waals surface area (Å²) in [6.45, 7) is 15.6. The Morgan fingerprint density at radius 1 is 1.07 bits per heavy atom. The quantitative estimate of drug-likeness (QED) is 0.336. The molecule has 7 nitrogen and oxygen atoms in total. The van der Waals surface area contributed by atoms with Gasteiger partial charge in [-0.05, 0) is 38.2 Å². The van der Waals surface area contributed by atoms with Gasteiger partial charge in [0.15, 0.2) is 0 Å². The summed E-state index contributed by atoms with van der Waals surface area (Å²) in [6.07, 6.45) is 7.49. The van der Waals surface area contributed by atoms with E-state index in [9.17, 15) is 19.5 Å². The number of carbonyl (C=O) groups excluding carboxylic acids is 3. The van der Waals surface area contributed by atoms with Crippen LogP contribution in [0.1, 0.15) is 64.5 Å². The summed E-state index contributed by atoms with van der Waals surface area (Å²) in [5, 5.41) is 10.7. The molecule has 0 aromatic heterocycles. The summed E-state index contributed by atoms with van der Waals surface area (Å²) >= 11 is 1.68. The molecule has 218 valence electrons. The Kier molecular flexibility index (Phi) is 9.51. The zero-order valence-corrected chi connectivity index (χ0v) is 25.1. The van der Waals surface area contributed by atoms with Crippen LogP contribution in [0.3, 0.4) is 0 Å². The second-order valence-electron chi connectivity index (χ2n) is 11.6. The number of thioether (sulfide) groups is 1. The van der Waals surface area contributed by atoms with Crippen LogP contribution >= 0.6 is 11.8 Å². The van der Waals surface area contributed by atoms with Gasteiger partial charge in [-0.3, -0.25) is 14.4 Å². The molecule has 40 heavy (non-hydrogen) atoms. The molecule has 1 aromatic rings. The predicted octanol–water partition coefficient (Wildman–Crippen LogP) is 4.44. The minimum Gasteiger partial charge on any atom is -0.394 e. The molecule has 4 rings (SSSR count). The monoisotopic (exact) mass is 567 g/mol. The van der Waals surface area contributed by atoms with E-state index < -0.39 is 33.4 Å². The summed E-state index contributed by atoms with van der Waals surface area (Å²) in [4.78, 5) is 48.7. The molecule has 0 aliphatic carbocycles. The molecule has 1 spiro atoms. The van der Waals surface area contributed by atoms with Gasteiger partial charge in [-0.1, -0.05) is 62.8 Å². The smallest absolute Gasteiger partial charge is 0.247 e. The van der Waals surface area contributed by atoms with Crippen LogP contribution in [0.25, 0.3) is 0 Å². The molecule has 0 radical (unpaired) electrons. The van der Waals surface area contributed by atoms with E-state index in [2.05, 4.69) is 27.0 Å². The third kappa shape index (κ3) is 5.02. The normalized spacial score (nSPS) is 29.2. The third-order valence-corrected chi connectivity index (χ3v) is 11.0. The fourth-order valence-electron chi connectivity index (χ4n) is 7.27.